The molecule has 0 saturated carbocycles. The van der Waals surface area contributed by atoms with Gasteiger partial charge in [0.15, 0.2) is 0 Å². The van der Waals surface area contributed by atoms with Crippen molar-refractivity contribution in [2.75, 3.05) is 7.11 Å². The number of esters is 1. The molecule has 10 heteroatoms. The maximum absolute atomic E-state index is 12.6. The predicted molar refractivity (Wildman–Crippen MR) is 73.7 cm³/mol. The van der Waals surface area contributed by atoms with Crippen molar-refractivity contribution < 1.29 is 27.6 Å². The predicted octanol–water partition coefficient (Wildman–Crippen LogP) is 2.47. The summed E-state index contributed by atoms with van der Waals surface area (Å²) in [7, 11) is 1.14. The number of hydrogen-bond donors (Lipinski definition) is 1. The van der Waals surface area contributed by atoms with Crippen molar-refractivity contribution in [2.24, 2.45) is 5.73 Å². The van der Waals surface area contributed by atoms with Crippen molar-refractivity contribution in [3.63, 3.8) is 0 Å². The Bertz CT molecular complexity index is 552. The number of methoxy groups -OCH3 is 1. The zero-order valence-corrected chi connectivity index (χ0v) is 12.2. The second-order valence-electron chi connectivity index (χ2n) is 4.34. The molecule has 0 aliphatic carbocycles. The van der Waals surface area contributed by atoms with E-state index in [1.54, 1.807) is 0 Å². The zero-order chi connectivity index (χ0) is 16.2. The molecule has 1 aromatic carbocycles. The van der Waals surface area contributed by atoms with E-state index in [1.807, 2.05) is 0 Å². The lowest BCUT2D eigenvalue weighted by Gasteiger charge is -2.13. The van der Waals surface area contributed by atoms with Gasteiger partial charge in [-0.1, -0.05) is 0 Å². The lowest BCUT2D eigenvalue weighted by molar-refractivity contribution is -0.385. The van der Waals surface area contributed by atoms with E-state index in [2.05, 4.69) is 4.74 Å². The second-order valence-corrected chi connectivity index (χ2v) is 4.34. The highest BCUT2D eigenvalue weighted by Gasteiger charge is 2.32. The molecule has 0 heterocycles. The number of carbonyl (C=O) groups excluding carboxylic acids is 1. The molecule has 2 N–H and O–H groups in total. The SMILES string of the molecule is COC(=O)CC(N)Cc1cc(C(F)(F)F)ccc1[N+](=O)[O-].Cl. The van der Waals surface area contributed by atoms with Crippen LogP contribution in [-0.4, -0.2) is 24.0 Å². The normalized spacial score (nSPS) is 12.2. The third kappa shape index (κ3) is 5.49. The van der Waals surface area contributed by atoms with Gasteiger partial charge >= 0.3 is 12.1 Å². The molecule has 1 aromatic rings. The molecule has 0 aromatic heterocycles. The number of benzene rings is 1. The summed E-state index contributed by atoms with van der Waals surface area (Å²) in [6, 6.07) is 1.21. The summed E-state index contributed by atoms with van der Waals surface area (Å²) in [5.74, 6) is -0.642. The maximum atomic E-state index is 12.6. The molecule has 0 bridgehead atoms. The van der Waals surface area contributed by atoms with Crippen LogP contribution in [0.25, 0.3) is 0 Å². The van der Waals surface area contributed by atoms with E-state index < -0.39 is 34.4 Å². The summed E-state index contributed by atoms with van der Waals surface area (Å²) in [5.41, 5.74) is 3.96. The van der Waals surface area contributed by atoms with Gasteiger partial charge in [-0.2, -0.15) is 13.2 Å². The molecule has 0 radical (unpaired) electrons. The zero-order valence-electron chi connectivity index (χ0n) is 11.4. The number of alkyl halides is 3. The van der Waals surface area contributed by atoms with E-state index in [0.29, 0.717) is 12.1 Å². The maximum Gasteiger partial charge on any atom is 0.416 e. The van der Waals surface area contributed by atoms with Crippen molar-refractivity contribution in [3.8, 4) is 0 Å². The summed E-state index contributed by atoms with van der Waals surface area (Å²) >= 11 is 0. The van der Waals surface area contributed by atoms with Crippen LogP contribution in [0.4, 0.5) is 18.9 Å². The standard InChI is InChI=1S/C12H13F3N2O4.ClH/c1-21-11(18)6-9(16)5-7-4-8(12(13,14)15)2-3-10(7)17(19)20;/h2-4,9H,5-6,16H2,1H3;1H. The number of nitro benzene ring substituents is 1. The number of nitrogens with two attached hydrogens (primary N) is 1. The summed E-state index contributed by atoms with van der Waals surface area (Å²) in [5, 5.41) is 10.8. The monoisotopic (exact) mass is 342 g/mol. The highest BCUT2D eigenvalue weighted by molar-refractivity contribution is 5.85. The number of rotatable bonds is 5. The van der Waals surface area contributed by atoms with E-state index >= 15 is 0 Å². The van der Waals surface area contributed by atoms with Crippen molar-refractivity contribution in [1.29, 1.82) is 0 Å². The Morgan fingerprint density at radius 2 is 2.05 bits per heavy atom. The van der Waals surface area contributed by atoms with E-state index in [-0.39, 0.29) is 30.8 Å². The quantitative estimate of drug-likeness (QED) is 0.504. The molecular weight excluding hydrogens is 329 g/mol. The van der Waals surface area contributed by atoms with Crippen molar-refractivity contribution in [1.82, 2.24) is 0 Å². The second kappa shape index (κ2) is 7.95. The number of ether oxygens (including phenoxy) is 1. The van der Waals surface area contributed by atoms with Gasteiger partial charge < -0.3 is 10.5 Å². The molecule has 0 fully saturated rings. The van der Waals surface area contributed by atoms with Gasteiger partial charge in [-0.25, -0.2) is 0 Å². The number of nitro groups is 1. The molecule has 1 atom stereocenters. The third-order valence-electron chi connectivity index (χ3n) is 2.74. The van der Waals surface area contributed by atoms with Crippen LogP contribution < -0.4 is 5.73 Å². The van der Waals surface area contributed by atoms with E-state index in [1.165, 1.54) is 0 Å². The first-order valence-corrected chi connectivity index (χ1v) is 5.82. The fraction of sp³-hybridized carbons (Fsp3) is 0.417. The first-order valence-electron chi connectivity index (χ1n) is 5.82. The van der Waals surface area contributed by atoms with Crippen LogP contribution in [0, 0.1) is 10.1 Å². The molecule has 22 heavy (non-hydrogen) atoms. The Kier molecular flexibility index (Phi) is 7.27. The largest absolute Gasteiger partial charge is 0.469 e. The first kappa shape index (κ1) is 20.1. The van der Waals surface area contributed by atoms with Crippen LogP contribution in [0.5, 0.6) is 0 Å². The molecule has 0 amide bonds. The molecule has 0 spiro atoms. The lowest BCUT2D eigenvalue weighted by atomic mass is 10.00. The summed E-state index contributed by atoms with van der Waals surface area (Å²) in [6.45, 7) is 0. The molecule has 124 valence electrons. The summed E-state index contributed by atoms with van der Waals surface area (Å²) < 4.78 is 42.3. The average molecular weight is 343 g/mol. The minimum absolute atomic E-state index is 0. The van der Waals surface area contributed by atoms with Gasteiger partial charge in [0.2, 0.25) is 0 Å². The lowest BCUT2D eigenvalue weighted by Crippen LogP contribution is -2.27. The van der Waals surface area contributed by atoms with Gasteiger partial charge in [-0.3, -0.25) is 14.9 Å². The topological polar surface area (TPSA) is 95.5 Å². The molecule has 1 unspecified atom stereocenters. The van der Waals surface area contributed by atoms with E-state index in [0.717, 1.165) is 13.2 Å². The van der Waals surface area contributed by atoms with Gasteiger partial charge in [-0.05, 0) is 18.6 Å². The smallest absolute Gasteiger partial charge is 0.416 e. The minimum atomic E-state index is -4.61. The van der Waals surface area contributed by atoms with Gasteiger partial charge in [-0.15, -0.1) is 12.4 Å². The highest BCUT2D eigenvalue weighted by atomic mass is 35.5. The van der Waals surface area contributed by atoms with Crippen molar-refractivity contribution >= 4 is 24.1 Å². The van der Waals surface area contributed by atoms with E-state index in [9.17, 15) is 28.1 Å². The van der Waals surface area contributed by atoms with Crippen LogP contribution in [0.1, 0.15) is 17.5 Å². The molecule has 1 rings (SSSR count). The summed E-state index contributed by atoms with van der Waals surface area (Å²) in [4.78, 5) is 21.1. The molecule has 0 aliphatic heterocycles. The van der Waals surface area contributed by atoms with E-state index in [4.69, 9.17) is 5.73 Å². The Labute approximate surface area is 130 Å². The van der Waals surface area contributed by atoms with Crippen LogP contribution in [0.2, 0.25) is 0 Å². The van der Waals surface area contributed by atoms with Gasteiger partial charge in [0, 0.05) is 17.7 Å². The van der Waals surface area contributed by atoms with Crippen LogP contribution >= 0.6 is 12.4 Å². The number of halogens is 4. The summed E-state index contributed by atoms with van der Waals surface area (Å²) in [6.07, 6.45) is -5.10. The minimum Gasteiger partial charge on any atom is -0.469 e. The van der Waals surface area contributed by atoms with Crippen molar-refractivity contribution in [2.45, 2.75) is 25.1 Å². The first-order chi connectivity index (χ1) is 9.65. The number of carbonyl (C=O) groups is 1. The molecule has 0 aliphatic rings. The molecular formula is C12H14ClF3N2O4. The Morgan fingerprint density at radius 1 is 1.45 bits per heavy atom. The Morgan fingerprint density at radius 3 is 2.50 bits per heavy atom. The van der Waals surface area contributed by atoms with Gasteiger partial charge in [0.1, 0.15) is 0 Å². The highest BCUT2D eigenvalue weighted by Crippen LogP contribution is 2.32. The Hall–Kier alpha value is -1.87. The fourth-order valence-electron chi connectivity index (χ4n) is 1.76. The van der Waals surface area contributed by atoms with Crippen LogP contribution in [0.15, 0.2) is 18.2 Å². The van der Waals surface area contributed by atoms with Gasteiger partial charge in [0.05, 0.1) is 24.0 Å². The number of hydrogen-bond acceptors (Lipinski definition) is 5. The number of nitrogens with zero attached hydrogens (tertiary/aromatic N) is 1. The van der Waals surface area contributed by atoms with Crippen LogP contribution in [0.3, 0.4) is 0 Å². The molecule has 0 saturated heterocycles. The van der Waals surface area contributed by atoms with Gasteiger partial charge in [0.25, 0.3) is 5.69 Å². The van der Waals surface area contributed by atoms with Crippen molar-refractivity contribution in [3.05, 3.63) is 39.4 Å². The average Bonchev–Trinajstić information content (AvgIpc) is 2.36. The Balaban J connectivity index is 0.00000441. The fourth-order valence-corrected chi connectivity index (χ4v) is 1.76. The third-order valence-corrected chi connectivity index (χ3v) is 2.74. The molecule has 6 nitrogen and oxygen atoms in total. The van der Waals surface area contributed by atoms with Crippen LogP contribution in [-0.2, 0) is 22.1 Å².